The maximum Gasteiger partial charge on any atom is 0.258 e. The van der Waals surface area contributed by atoms with Crippen LogP contribution in [0.4, 0.5) is 22.0 Å². The van der Waals surface area contributed by atoms with E-state index in [1.807, 2.05) is 0 Å². The molecule has 0 saturated heterocycles. The third-order valence-corrected chi connectivity index (χ3v) is 6.35. The minimum absolute atomic E-state index is 0.0236. The molecule has 0 aliphatic rings. The molecule has 0 saturated carbocycles. The molecule has 0 aliphatic heterocycles. The third kappa shape index (κ3) is 4.74. The van der Waals surface area contributed by atoms with Crippen LogP contribution in [0.25, 0.3) is 11.1 Å². The van der Waals surface area contributed by atoms with Crippen molar-refractivity contribution in [1.82, 2.24) is 10.3 Å². The van der Waals surface area contributed by atoms with Crippen LogP contribution in [0.15, 0.2) is 29.1 Å². The molecule has 1 aromatic heterocycles. The van der Waals surface area contributed by atoms with Gasteiger partial charge in [0, 0.05) is 11.1 Å². The lowest BCUT2D eigenvalue weighted by Crippen LogP contribution is -2.42. The SMILES string of the molecule is CC(C)(C)c1c(-c2ccccc2C(C)(C)NC(=O)c2c(F)c(F)c(F)c(F)c2F)c(Cl)c(Cl)[nH]c1=O. The number of amides is 1. The molecule has 3 rings (SSSR count). The molecule has 11 heteroatoms. The van der Waals surface area contributed by atoms with Gasteiger partial charge in [0.15, 0.2) is 23.3 Å². The second kappa shape index (κ2) is 9.52. The minimum Gasteiger partial charge on any atom is -0.343 e. The van der Waals surface area contributed by atoms with E-state index in [1.165, 1.54) is 13.8 Å². The Kier molecular flexibility index (Phi) is 7.32. The van der Waals surface area contributed by atoms with Crippen molar-refractivity contribution in [3.63, 3.8) is 0 Å². The Morgan fingerprint density at radius 2 is 1.36 bits per heavy atom. The first-order chi connectivity index (χ1) is 16.5. The molecule has 2 aromatic carbocycles. The van der Waals surface area contributed by atoms with Crippen LogP contribution in [0.1, 0.15) is 56.1 Å². The number of H-pyrrole nitrogens is 1. The van der Waals surface area contributed by atoms with E-state index in [9.17, 15) is 31.5 Å². The van der Waals surface area contributed by atoms with Crippen molar-refractivity contribution in [2.45, 2.75) is 45.6 Å². The van der Waals surface area contributed by atoms with Gasteiger partial charge in [-0.3, -0.25) is 9.59 Å². The van der Waals surface area contributed by atoms with Crippen LogP contribution in [0.2, 0.25) is 10.2 Å². The van der Waals surface area contributed by atoms with Crippen LogP contribution in [-0.2, 0) is 11.0 Å². The zero-order valence-corrected chi connectivity index (χ0v) is 21.3. The van der Waals surface area contributed by atoms with Crippen molar-refractivity contribution in [3.05, 3.63) is 90.6 Å². The summed E-state index contributed by atoms with van der Waals surface area (Å²) in [6.07, 6.45) is 0. The number of carbonyl (C=O) groups is 1. The molecule has 0 aliphatic carbocycles. The predicted molar refractivity (Wildman–Crippen MR) is 128 cm³/mol. The van der Waals surface area contributed by atoms with Gasteiger partial charge in [0.1, 0.15) is 10.7 Å². The van der Waals surface area contributed by atoms with E-state index in [1.54, 1.807) is 45.0 Å². The van der Waals surface area contributed by atoms with Gasteiger partial charge in [-0.2, -0.15) is 0 Å². The number of aromatic amines is 1. The lowest BCUT2D eigenvalue weighted by Gasteiger charge is -2.31. The fourth-order valence-electron chi connectivity index (χ4n) is 3.98. The monoisotopic (exact) mass is 546 g/mol. The normalized spacial score (nSPS) is 12.1. The smallest absolute Gasteiger partial charge is 0.258 e. The van der Waals surface area contributed by atoms with Crippen molar-refractivity contribution in [3.8, 4) is 11.1 Å². The van der Waals surface area contributed by atoms with Gasteiger partial charge in [-0.05, 0) is 30.4 Å². The standard InChI is InChI=1S/C25H21Cl2F5N2O2/c1-24(2,3)14-12(15(26)21(27)33-23(14)36)10-8-6-7-9-11(10)25(4,5)34-22(35)13-16(28)18(30)20(32)19(31)17(13)29/h6-9H,1-5H3,(H,33,36)(H,34,35). The largest absolute Gasteiger partial charge is 0.343 e. The van der Waals surface area contributed by atoms with E-state index in [0.29, 0.717) is 11.1 Å². The number of carbonyl (C=O) groups excluding carboxylic acids is 1. The summed E-state index contributed by atoms with van der Waals surface area (Å²) in [5.74, 6) is -12.9. The average Bonchev–Trinajstić information content (AvgIpc) is 2.77. The lowest BCUT2D eigenvalue weighted by molar-refractivity contribution is 0.0900. The molecule has 0 bridgehead atoms. The lowest BCUT2D eigenvalue weighted by atomic mass is 9.79. The van der Waals surface area contributed by atoms with Crippen molar-refractivity contribution >= 4 is 29.1 Å². The average molecular weight is 547 g/mol. The summed E-state index contributed by atoms with van der Waals surface area (Å²) < 4.78 is 69.3. The van der Waals surface area contributed by atoms with Crippen molar-refractivity contribution < 1.29 is 26.7 Å². The number of aromatic nitrogens is 1. The quantitative estimate of drug-likeness (QED) is 0.160. The number of hydrogen-bond donors (Lipinski definition) is 2. The van der Waals surface area contributed by atoms with E-state index in [2.05, 4.69) is 10.3 Å². The molecular formula is C25H21Cl2F5N2O2. The molecular weight excluding hydrogens is 526 g/mol. The van der Waals surface area contributed by atoms with Gasteiger partial charge in [-0.25, -0.2) is 22.0 Å². The Balaban J connectivity index is 2.22. The molecule has 0 fully saturated rings. The van der Waals surface area contributed by atoms with Crippen LogP contribution in [0.3, 0.4) is 0 Å². The van der Waals surface area contributed by atoms with Gasteiger partial charge >= 0.3 is 0 Å². The van der Waals surface area contributed by atoms with Gasteiger partial charge in [-0.1, -0.05) is 68.2 Å². The number of rotatable bonds is 4. The first kappa shape index (κ1) is 27.7. The van der Waals surface area contributed by atoms with Gasteiger partial charge in [0.2, 0.25) is 5.82 Å². The number of halogens is 7. The molecule has 36 heavy (non-hydrogen) atoms. The molecule has 4 nitrogen and oxygen atoms in total. The summed E-state index contributed by atoms with van der Waals surface area (Å²) in [5.41, 5.74) is -3.04. The zero-order chi connectivity index (χ0) is 27.3. The fourth-order valence-corrected chi connectivity index (χ4v) is 4.41. The molecule has 192 valence electrons. The van der Waals surface area contributed by atoms with E-state index in [0.717, 1.165) is 0 Å². The Morgan fingerprint density at radius 1 is 0.861 bits per heavy atom. The van der Waals surface area contributed by atoms with Crippen LogP contribution in [0.5, 0.6) is 0 Å². The number of hydrogen-bond acceptors (Lipinski definition) is 2. The molecule has 0 unspecified atom stereocenters. The number of benzene rings is 2. The highest BCUT2D eigenvalue weighted by Crippen LogP contribution is 2.42. The Labute approximate surface area is 213 Å². The van der Waals surface area contributed by atoms with Gasteiger partial charge in [-0.15, -0.1) is 0 Å². The number of nitrogens with one attached hydrogen (secondary N) is 2. The summed E-state index contributed by atoms with van der Waals surface area (Å²) in [5, 5.41) is 2.23. The summed E-state index contributed by atoms with van der Waals surface area (Å²) in [4.78, 5) is 28.1. The molecule has 1 amide bonds. The van der Waals surface area contributed by atoms with E-state index < -0.39 is 57.1 Å². The topological polar surface area (TPSA) is 62.0 Å². The highest BCUT2D eigenvalue weighted by Gasteiger charge is 2.35. The number of pyridine rings is 1. The summed E-state index contributed by atoms with van der Waals surface area (Å²) in [6.45, 7) is 8.25. The van der Waals surface area contributed by atoms with Gasteiger partial charge < -0.3 is 10.3 Å². The molecule has 3 aromatic rings. The third-order valence-electron chi connectivity index (χ3n) is 5.60. The maximum absolute atomic E-state index is 14.2. The second-order valence-electron chi connectivity index (χ2n) is 9.65. The summed E-state index contributed by atoms with van der Waals surface area (Å²) in [7, 11) is 0. The van der Waals surface area contributed by atoms with E-state index in [4.69, 9.17) is 23.2 Å². The zero-order valence-electron chi connectivity index (χ0n) is 19.8. The molecule has 0 spiro atoms. The summed E-state index contributed by atoms with van der Waals surface area (Å²) in [6, 6.07) is 6.41. The maximum atomic E-state index is 14.2. The van der Waals surface area contributed by atoms with Crippen LogP contribution in [0, 0.1) is 29.1 Å². The van der Waals surface area contributed by atoms with Crippen LogP contribution in [-0.4, -0.2) is 10.9 Å². The Morgan fingerprint density at radius 3 is 1.89 bits per heavy atom. The molecule has 1 heterocycles. The molecule has 0 radical (unpaired) electrons. The first-order valence-electron chi connectivity index (χ1n) is 10.6. The van der Waals surface area contributed by atoms with E-state index >= 15 is 0 Å². The van der Waals surface area contributed by atoms with E-state index in [-0.39, 0.29) is 21.3 Å². The van der Waals surface area contributed by atoms with Gasteiger partial charge in [0.05, 0.1) is 10.6 Å². The second-order valence-corrected chi connectivity index (χ2v) is 10.4. The highest BCUT2D eigenvalue weighted by atomic mass is 35.5. The van der Waals surface area contributed by atoms with Gasteiger partial charge in [0.25, 0.3) is 11.5 Å². The Bertz CT molecular complexity index is 1420. The van der Waals surface area contributed by atoms with Crippen molar-refractivity contribution in [2.24, 2.45) is 0 Å². The van der Waals surface area contributed by atoms with Crippen LogP contribution >= 0.6 is 23.2 Å². The first-order valence-corrected chi connectivity index (χ1v) is 11.3. The molecule has 2 N–H and O–H groups in total. The molecule has 0 atom stereocenters. The highest BCUT2D eigenvalue weighted by molar-refractivity contribution is 6.43. The minimum atomic E-state index is -2.37. The Hall–Kier alpha value is -2.91. The van der Waals surface area contributed by atoms with Crippen molar-refractivity contribution in [1.29, 1.82) is 0 Å². The fraction of sp³-hybridized carbons (Fsp3) is 0.280. The van der Waals surface area contributed by atoms with Crippen LogP contribution < -0.4 is 10.9 Å². The van der Waals surface area contributed by atoms with Crippen molar-refractivity contribution in [2.75, 3.05) is 0 Å². The summed E-state index contributed by atoms with van der Waals surface area (Å²) >= 11 is 12.7. The predicted octanol–water partition coefficient (Wildman–Crippen LogP) is 7.01.